The zero-order valence-electron chi connectivity index (χ0n) is 16.4. The average molecular weight is 383 g/mol. The van der Waals surface area contributed by atoms with Crippen molar-refractivity contribution in [3.05, 3.63) is 23.8 Å². The van der Waals surface area contributed by atoms with E-state index in [4.69, 9.17) is 23.7 Å². The first kappa shape index (κ1) is 20.7. The minimum atomic E-state index is -1.05. The first-order valence-electron chi connectivity index (χ1n) is 8.95. The average Bonchev–Trinajstić information content (AvgIpc) is 2.57. The summed E-state index contributed by atoms with van der Waals surface area (Å²) in [6.45, 7) is 8.11. The van der Waals surface area contributed by atoms with Crippen LogP contribution in [0.25, 0.3) is 0 Å². The minimum Gasteiger partial charge on any atom is -0.493 e. The predicted octanol–water partition coefficient (Wildman–Crippen LogP) is 3.72. The van der Waals surface area contributed by atoms with Gasteiger partial charge in [0.1, 0.15) is 12.9 Å². The molecule has 1 aromatic rings. The van der Waals surface area contributed by atoms with E-state index in [1.54, 1.807) is 25.3 Å². The SMILES string of the molecule is COC(=O)c1ccc(OC2CC(OCOCC[Si](C)(C)C)C2)c(OC)c1. The van der Waals surface area contributed by atoms with E-state index in [-0.39, 0.29) is 12.2 Å². The topological polar surface area (TPSA) is 63.2 Å². The highest BCUT2D eigenvalue weighted by atomic mass is 28.3. The lowest BCUT2D eigenvalue weighted by molar-refractivity contribution is -0.134. The van der Waals surface area contributed by atoms with Crippen molar-refractivity contribution in [1.29, 1.82) is 0 Å². The van der Waals surface area contributed by atoms with E-state index in [0.717, 1.165) is 25.5 Å². The van der Waals surface area contributed by atoms with Gasteiger partial charge in [-0.3, -0.25) is 0 Å². The molecule has 1 saturated carbocycles. The van der Waals surface area contributed by atoms with Crippen molar-refractivity contribution in [1.82, 2.24) is 0 Å². The molecule has 0 amide bonds. The van der Waals surface area contributed by atoms with Crippen molar-refractivity contribution in [3.8, 4) is 11.5 Å². The van der Waals surface area contributed by atoms with Crippen molar-refractivity contribution in [2.45, 2.75) is 50.7 Å². The van der Waals surface area contributed by atoms with E-state index in [0.29, 0.717) is 23.9 Å². The van der Waals surface area contributed by atoms with Gasteiger partial charge in [0, 0.05) is 27.5 Å². The lowest BCUT2D eigenvalue weighted by atomic mass is 9.92. The second-order valence-electron chi connectivity index (χ2n) is 7.69. The molecular formula is C19H30O6Si. The fourth-order valence-electron chi connectivity index (χ4n) is 2.52. The highest BCUT2D eigenvalue weighted by Crippen LogP contribution is 2.34. The normalized spacial score (nSPS) is 19.6. The molecule has 0 N–H and O–H groups in total. The van der Waals surface area contributed by atoms with E-state index < -0.39 is 14.0 Å². The van der Waals surface area contributed by atoms with Gasteiger partial charge in [-0.05, 0) is 24.2 Å². The Morgan fingerprint density at radius 2 is 1.85 bits per heavy atom. The highest BCUT2D eigenvalue weighted by Gasteiger charge is 2.32. The molecule has 2 rings (SSSR count). The van der Waals surface area contributed by atoms with Gasteiger partial charge in [0.25, 0.3) is 0 Å². The predicted molar refractivity (Wildman–Crippen MR) is 102 cm³/mol. The van der Waals surface area contributed by atoms with Crippen LogP contribution in [0.3, 0.4) is 0 Å². The van der Waals surface area contributed by atoms with Crippen LogP contribution in [0.1, 0.15) is 23.2 Å². The third kappa shape index (κ3) is 6.30. The Labute approximate surface area is 156 Å². The first-order valence-corrected chi connectivity index (χ1v) is 12.7. The van der Waals surface area contributed by atoms with Crippen LogP contribution in [0.5, 0.6) is 11.5 Å². The van der Waals surface area contributed by atoms with E-state index in [1.165, 1.54) is 7.11 Å². The maximum absolute atomic E-state index is 11.6. The summed E-state index contributed by atoms with van der Waals surface area (Å²) in [5.41, 5.74) is 0.432. The van der Waals surface area contributed by atoms with Crippen LogP contribution >= 0.6 is 0 Å². The number of methoxy groups -OCH3 is 2. The standard InChI is InChI=1S/C19H30O6Si/c1-21-18-10-14(19(20)22-2)6-7-17(18)25-16-11-15(12-16)24-13-23-8-9-26(3,4)5/h6-7,10,15-16H,8-9,11-13H2,1-5H3. The van der Waals surface area contributed by atoms with Gasteiger partial charge in [0.2, 0.25) is 0 Å². The maximum atomic E-state index is 11.6. The first-order chi connectivity index (χ1) is 12.3. The molecule has 146 valence electrons. The van der Waals surface area contributed by atoms with Gasteiger partial charge in [0.15, 0.2) is 11.5 Å². The highest BCUT2D eigenvalue weighted by molar-refractivity contribution is 6.76. The largest absolute Gasteiger partial charge is 0.493 e. The molecule has 0 unspecified atom stereocenters. The van der Waals surface area contributed by atoms with Gasteiger partial charge >= 0.3 is 5.97 Å². The molecule has 0 heterocycles. The summed E-state index contributed by atoms with van der Waals surface area (Å²) in [7, 11) is 1.85. The number of ether oxygens (including phenoxy) is 5. The molecule has 6 nitrogen and oxygen atoms in total. The van der Waals surface area contributed by atoms with Gasteiger partial charge < -0.3 is 23.7 Å². The summed E-state index contributed by atoms with van der Waals surface area (Å²) in [5, 5.41) is 0. The Morgan fingerprint density at radius 3 is 2.46 bits per heavy atom. The van der Waals surface area contributed by atoms with Gasteiger partial charge in [-0.15, -0.1) is 0 Å². The van der Waals surface area contributed by atoms with Crippen LogP contribution in [0.4, 0.5) is 0 Å². The molecule has 0 saturated heterocycles. The number of esters is 1. The number of hydrogen-bond donors (Lipinski definition) is 0. The van der Waals surface area contributed by atoms with Crippen LogP contribution in [0.2, 0.25) is 25.7 Å². The van der Waals surface area contributed by atoms with Crippen LogP contribution in [0.15, 0.2) is 18.2 Å². The smallest absolute Gasteiger partial charge is 0.337 e. The molecule has 0 atom stereocenters. The summed E-state index contributed by atoms with van der Waals surface area (Å²) in [6.07, 6.45) is 1.89. The lowest BCUT2D eigenvalue weighted by Crippen LogP contribution is -2.40. The van der Waals surface area contributed by atoms with Crippen LogP contribution in [-0.4, -0.2) is 53.9 Å². The van der Waals surface area contributed by atoms with E-state index in [2.05, 4.69) is 19.6 Å². The fraction of sp³-hybridized carbons (Fsp3) is 0.632. The molecule has 0 bridgehead atoms. The van der Waals surface area contributed by atoms with E-state index in [9.17, 15) is 4.79 Å². The fourth-order valence-corrected chi connectivity index (χ4v) is 3.28. The molecule has 7 heteroatoms. The minimum absolute atomic E-state index is 0.0832. The molecule has 1 aliphatic carbocycles. The van der Waals surface area contributed by atoms with Crippen LogP contribution < -0.4 is 9.47 Å². The quantitative estimate of drug-likeness (QED) is 0.266. The molecule has 1 aromatic carbocycles. The van der Waals surface area contributed by atoms with Crippen molar-refractivity contribution in [2.24, 2.45) is 0 Å². The van der Waals surface area contributed by atoms with Crippen LogP contribution in [-0.2, 0) is 14.2 Å². The maximum Gasteiger partial charge on any atom is 0.337 e. The van der Waals surface area contributed by atoms with Crippen LogP contribution in [0, 0.1) is 0 Å². The Bertz CT molecular complexity index is 592. The molecule has 0 spiro atoms. The Morgan fingerprint density at radius 1 is 1.12 bits per heavy atom. The summed E-state index contributed by atoms with van der Waals surface area (Å²) >= 11 is 0. The Hall–Kier alpha value is -1.57. The third-order valence-electron chi connectivity index (χ3n) is 4.31. The Kier molecular flexibility index (Phi) is 7.49. The number of benzene rings is 1. The second kappa shape index (κ2) is 9.39. The van der Waals surface area contributed by atoms with E-state index in [1.807, 2.05) is 0 Å². The van der Waals surface area contributed by atoms with Crippen molar-refractivity contribution >= 4 is 14.0 Å². The summed E-state index contributed by atoms with van der Waals surface area (Å²) in [5.74, 6) is 0.739. The molecule has 0 aliphatic heterocycles. The van der Waals surface area contributed by atoms with Crippen molar-refractivity contribution in [3.63, 3.8) is 0 Å². The second-order valence-corrected chi connectivity index (χ2v) is 13.3. The molecular weight excluding hydrogens is 352 g/mol. The third-order valence-corrected chi connectivity index (χ3v) is 6.02. The number of rotatable bonds is 10. The van der Waals surface area contributed by atoms with Crippen molar-refractivity contribution < 1.29 is 28.5 Å². The summed E-state index contributed by atoms with van der Waals surface area (Å²) in [6, 6.07) is 6.18. The van der Waals surface area contributed by atoms with Gasteiger partial charge in [-0.2, -0.15) is 0 Å². The molecule has 1 fully saturated rings. The molecule has 0 aromatic heterocycles. The van der Waals surface area contributed by atoms with Gasteiger partial charge in [0.05, 0.1) is 25.9 Å². The zero-order chi connectivity index (χ0) is 19.2. The Balaban J connectivity index is 1.71. The number of carbonyl (C=O) groups excluding carboxylic acids is 1. The molecule has 1 aliphatic rings. The number of carbonyl (C=O) groups is 1. The summed E-state index contributed by atoms with van der Waals surface area (Å²) < 4.78 is 27.2. The van der Waals surface area contributed by atoms with Gasteiger partial charge in [-0.1, -0.05) is 19.6 Å². The van der Waals surface area contributed by atoms with Gasteiger partial charge in [-0.25, -0.2) is 4.79 Å². The molecule has 26 heavy (non-hydrogen) atoms. The summed E-state index contributed by atoms with van der Waals surface area (Å²) in [4.78, 5) is 11.6. The molecule has 0 radical (unpaired) electrons. The number of hydrogen-bond acceptors (Lipinski definition) is 6. The van der Waals surface area contributed by atoms with E-state index >= 15 is 0 Å². The monoisotopic (exact) mass is 382 g/mol. The van der Waals surface area contributed by atoms with Crippen molar-refractivity contribution in [2.75, 3.05) is 27.6 Å². The lowest BCUT2D eigenvalue weighted by Gasteiger charge is -2.35. The zero-order valence-corrected chi connectivity index (χ0v) is 17.4.